The van der Waals surface area contributed by atoms with E-state index < -0.39 is 46.8 Å². The van der Waals surface area contributed by atoms with E-state index >= 15 is 0 Å². The number of rotatable bonds is 8. The Hall–Kier alpha value is -3.06. The minimum atomic E-state index is -3.79. The van der Waals surface area contributed by atoms with Crippen molar-refractivity contribution in [3.8, 4) is 0 Å². The van der Waals surface area contributed by atoms with Gasteiger partial charge in [-0.05, 0) is 63.1 Å². The van der Waals surface area contributed by atoms with Crippen molar-refractivity contribution in [2.24, 2.45) is 5.41 Å². The Morgan fingerprint density at radius 1 is 1.11 bits per heavy atom. The summed E-state index contributed by atoms with van der Waals surface area (Å²) < 4.78 is 54.0. The largest absolute Gasteiger partial charge is 0.392 e. The van der Waals surface area contributed by atoms with Gasteiger partial charge in [0.25, 0.3) is 11.8 Å². The summed E-state index contributed by atoms with van der Waals surface area (Å²) in [5.74, 6) is -3.37. The third kappa shape index (κ3) is 5.98. The highest BCUT2D eigenvalue weighted by Crippen LogP contribution is 2.54. The molecule has 3 aliphatic rings. The number of carbonyl (C=O) groups excluding carboxylic acids is 1. The van der Waals surface area contributed by atoms with Crippen molar-refractivity contribution in [1.29, 1.82) is 0 Å². The number of carbonyl (C=O) groups is 1. The van der Waals surface area contributed by atoms with E-state index in [1.807, 2.05) is 0 Å². The molecular formula is C25H32F2N6O4S. The number of amides is 1. The number of anilines is 4. The molecule has 1 aromatic heterocycles. The number of aryl methyl sites for hydroxylation is 1. The predicted octanol–water partition coefficient (Wildman–Crippen LogP) is 3.00. The summed E-state index contributed by atoms with van der Waals surface area (Å²) in [5.41, 5.74) is 2.14. The Balaban J connectivity index is 1.40. The van der Waals surface area contributed by atoms with Crippen LogP contribution in [0, 0.1) is 12.3 Å². The minimum absolute atomic E-state index is 0.125. The average Bonchev–Trinajstić information content (AvgIpc) is 3.55. The summed E-state index contributed by atoms with van der Waals surface area (Å²) in [6, 6.07) is 6.26. The Kier molecular flexibility index (Phi) is 6.70. The Labute approximate surface area is 220 Å². The van der Waals surface area contributed by atoms with Crippen molar-refractivity contribution >= 4 is 39.1 Å². The van der Waals surface area contributed by atoms with Crippen LogP contribution in [0.3, 0.4) is 0 Å². The number of aromatic nitrogens is 2. The van der Waals surface area contributed by atoms with Gasteiger partial charge in [0.1, 0.15) is 5.82 Å². The summed E-state index contributed by atoms with van der Waals surface area (Å²) in [7, 11) is -3.79. The van der Waals surface area contributed by atoms with E-state index in [2.05, 4.69) is 24.9 Å². The molecule has 2 aromatic rings. The van der Waals surface area contributed by atoms with Gasteiger partial charge in [0.15, 0.2) is 0 Å². The third-order valence-electron chi connectivity index (χ3n) is 7.31. The lowest BCUT2D eigenvalue weighted by Gasteiger charge is -2.38. The van der Waals surface area contributed by atoms with Crippen LogP contribution in [0.25, 0.3) is 0 Å². The van der Waals surface area contributed by atoms with Crippen LogP contribution >= 0.6 is 0 Å². The third-order valence-corrected chi connectivity index (χ3v) is 8.78. The molecule has 5 rings (SSSR count). The molecule has 1 saturated carbocycles. The molecule has 3 heterocycles. The van der Waals surface area contributed by atoms with Gasteiger partial charge in [-0.1, -0.05) is 0 Å². The normalized spacial score (nSPS) is 20.6. The zero-order valence-electron chi connectivity index (χ0n) is 21.4. The second-order valence-electron chi connectivity index (χ2n) is 10.8. The first-order chi connectivity index (χ1) is 17.8. The number of aliphatic hydroxyl groups excluding tert-OH is 1. The second-order valence-corrected chi connectivity index (χ2v) is 12.6. The highest BCUT2D eigenvalue weighted by atomic mass is 32.2. The van der Waals surface area contributed by atoms with Crippen LogP contribution in [-0.2, 0) is 10.0 Å². The molecular weight excluding hydrogens is 518 g/mol. The van der Waals surface area contributed by atoms with Gasteiger partial charge in [-0.3, -0.25) is 9.52 Å². The molecule has 0 bridgehead atoms. The van der Waals surface area contributed by atoms with Gasteiger partial charge in [-0.2, -0.15) is 4.98 Å². The quantitative estimate of drug-likeness (QED) is 0.458. The molecule has 38 heavy (non-hydrogen) atoms. The number of halogens is 2. The maximum atomic E-state index is 13.4. The molecule has 206 valence electrons. The number of alkyl halides is 2. The lowest BCUT2D eigenvalue weighted by atomic mass is 9.93. The van der Waals surface area contributed by atoms with E-state index in [-0.39, 0.29) is 11.8 Å². The molecule has 2 aliphatic heterocycles. The van der Waals surface area contributed by atoms with Gasteiger partial charge in [0.2, 0.25) is 16.0 Å². The number of sulfonamides is 1. The van der Waals surface area contributed by atoms with Crippen LogP contribution < -0.4 is 19.8 Å². The second kappa shape index (κ2) is 9.60. The molecule has 1 atom stereocenters. The fourth-order valence-corrected chi connectivity index (χ4v) is 6.29. The number of nitrogens with zero attached hydrogens (tertiary/aromatic N) is 4. The SMILES string of the molecule is Cc1cc(NC(=O)c2ccc(NS(=O)(=O)C[C@H](C)O)cc2N2CCC3(CC2)CC3)nc(N2CC(F)(F)C2)n1. The van der Waals surface area contributed by atoms with Crippen molar-refractivity contribution < 1.29 is 27.1 Å². The number of aliphatic hydroxyl groups is 1. The maximum Gasteiger partial charge on any atom is 0.282 e. The Bertz CT molecular complexity index is 1330. The average molecular weight is 551 g/mol. The van der Waals surface area contributed by atoms with Gasteiger partial charge in [-0.15, -0.1) is 0 Å². The number of piperidine rings is 1. The van der Waals surface area contributed by atoms with Gasteiger partial charge < -0.3 is 20.2 Å². The summed E-state index contributed by atoms with van der Waals surface area (Å²) in [5, 5.41) is 12.3. The molecule has 13 heteroatoms. The molecule has 1 spiro atoms. The van der Waals surface area contributed by atoms with Crippen LogP contribution in [-0.4, -0.2) is 73.4 Å². The molecule has 3 N–H and O–H groups in total. The van der Waals surface area contributed by atoms with Crippen LogP contribution in [0.4, 0.5) is 31.9 Å². The van der Waals surface area contributed by atoms with Gasteiger partial charge >= 0.3 is 0 Å². The predicted molar refractivity (Wildman–Crippen MR) is 141 cm³/mol. The van der Waals surface area contributed by atoms with Gasteiger partial charge in [0, 0.05) is 24.8 Å². The van der Waals surface area contributed by atoms with E-state index in [0.29, 0.717) is 28.0 Å². The first-order valence-corrected chi connectivity index (χ1v) is 14.3. The highest BCUT2D eigenvalue weighted by molar-refractivity contribution is 7.92. The van der Waals surface area contributed by atoms with E-state index in [4.69, 9.17) is 0 Å². The molecule has 10 nitrogen and oxygen atoms in total. The van der Waals surface area contributed by atoms with Crippen LogP contribution in [0.1, 0.15) is 48.7 Å². The number of hydrogen-bond acceptors (Lipinski definition) is 8. The highest BCUT2D eigenvalue weighted by Gasteiger charge is 2.46. The molecule has 2 saturated heterocycles. The maximum absolute atomic E-state index is 13.4. The topological polar surface area (TPSA) is 128 Å². The zero-order chi connectivity index (χ0) is 27.3. The van der Waals surface area contributed by atoms with Crippen LogP contribution in [0.5, 0.6) is 0 Å². The van der Waals surface area contributed by atoms with Crippen molar-refractivity contribution in [1.82, 2.24) is 9.97 Å². The molecule has 1 aromatic carbocycles. The van der Waals surface area contributed by atoms with E-state index in [1.165, 1.54) is 30.7 Å². The van der Waals surface area contributed by atoms with Crippen molar-refractivity contribution in [3.63, 3.8) is 0 Å². The fraction of sp³-hybridized carbons (Fsp3) is 0.560. The van der Waals surface area contributed by atoms with Crippen molar-refractivity contribution in [2.75, 3.05) is 51.8 Å². The smallest absolute Gasteiger partial charge is 0.282 e. The molecule has 1 aliphatic carbocycles. The van der Waals surface area contributed by atoms with E-state index in [9.17, 15) is 27.1 Å². The molecule has 1 amide bonds. The number of nitrogens with one attached hydrogen (secondary N) is 2. The van der Waals surface area contributed by atoms with Gasteiger partial charge in [0.05, 0.1) is 41.9 Å². The number of benzene rings is 1. The summed E-state index contributed by atoms with van der Waals surface area (Å²) in [6.45, 7) is 3.62. The van der Waals surface area contributed by atoms with Crippen molar-refractivity contribution in [2.45, 2.75) is 51.6 Å². The fourth-order valence-electron chi connectivity index (χ4n) is 5.08. The summed E-state index contributed by atoms with van der Waals surface area (Å²) in [4.78, 5) is 25.4. The Morgan fingerprint density at radius 2 is 1.79 bits per heavy atom. The Morgan fingerprint density at radius 3 is 2.39 bits per heavy atom. The summed E-state index contributed by atoms with van der Waals surface area (Å²) >= 11 is 0. The minimum Gasteiger partial charge on any atom is -0.392 e. The van der Waals surface area contributed by atoms with E-state index in [0.717, 1.165) is 25.9 Å². The first kappa shape index (κ1) is 26.5. The molecule has 0 unspecified atom stereocenters. The lowest BCUT2D eigenvalue weighted by Crippen LogP contribution is -2.57. The lowest BCUT2D eigenvalue weighted by molar-refractivity contribution is -0.0271. The van der Waals surface area contributed by atoms with Gasteiger partial charge in [-0.25, -0.2) is 22.2 Å². The molecule has 3 fully saturated rings. The van der Waals surface area contributed by atoms with E-state index in [1.54, 1.807) is 25.1 Å². The number of hydrogen-bond donors (Lipinski definition) is 3. The van der Waals surface area contributed by atoms with Crippen LogP contribution in [0.2, 0.25) is 0 Å². The van der Waals surface area contributed by atoms with Crippen LogP contribution in [0.15, 0.2) is 24.3 Å². The zero-order valence-corrected chi connectivity index (χ0v) is 22.2. The summed E-state index contributed by atoms with van der Waals surface area (Å²) in [6.07, 6.45) is 3.40. The monoisotopic (exact) mass is 550 g/mol. The standard InChI is InChI=1S/C25H32F2N6O4S/c1-16-11-21(30-23(28-16)33-14-25(26,27)15-33)29-22(35)19-4-3-18(31-38(36,37)13-17(2)34)12-20(19)32-9-7-24(5-6-24)8-10-32/h3-4,11-12,17,31,34H,5-10,13-15H2,1-2H3,(H,28,29,30,35)/t17-/m0/s1. The first-order valence-electron chi connectivity index (χ1n) is 12.7. The van der Waals surface area contributed by atoms with Crippen molar-refractivity contribution in [3.05, 3.63) is 35.5 Å². The molecule has 0 radical (unpaired) electrons.